The van der Waals surface area contributed by atoms with Gasteiger partial charge >= 0.3 is 17.8 Å². The molecule has 3 N–H and O–H groups in total. The molecule has 16 heteroatoms. The van der Waals surface area contributed by atoms with Crippen molar-refractivity contribution in [1.82, 2.24) is 45.5 Å². The SMILES string of the molecule is Cc1cc(-c2cc(Nc3ccc(N4CCN(CC5CCN(c6cccc(CN7CCC(=O)NC7=O)c6)CC5)CC4)cn3)ncn2)ccc1[C@@H](C)NC(=O)c1nc(C(C)(C)C)no1. The molecule has 3 aliphatic rings. The second kappa shape index (κ2) is 18.3. The van der Waals surface area contributed by atoms with E-state index >= 15 is 0 Å². The van der Waals surface area contributed by atoms with E-state index in [1.54, 1.807) is 11.2 Å². The zero-order chi connectivity index (χ0) is 43.4. The van der Waals surface area contributed by atoms with Crippen LogP contribution < -0.4 is 25.8 Å². The van der Waals surface area contributed by atoms with Crippen molar-refractivity contribution >= 4 is 40.9 Å². The van der Waals surface area contributed by atoms with E-state index in [4.69, 9.17) is 9.51 Å². The molecule has 3 aromatic heterocycles. The lowest BCUT2D eigenvalue weighted by Crippen LogP contribution is -2.49. The first-order chi connectivity index (χ1) is 29.8. The summed E-state index contributed by atoms with van der Waals surface area (Å²) in [4.78, 5) is 63.8. The number of amides is 4. The fourth-order valence-corrected chi connectivity index (χ4v) is 8.39. The third-order valence-corrected chi connectivity index (χ3v) is 12.0. The van der Waals surface area contributed by atoms with Crippen molar-refractivity contribution in [2.75, 3.05) is 67.5 Å². The van der Waals surface area contributed by atoms with Crippen LogP contribution in [0, 0.1) is 12.8 Å². The largest absolute Gasteiger partial charge is 0.372 e. The van der Waals surface area contributed by atoms with E-state index in [0.29, 0.717) is 42.9 Å². The molecule has 3 fully saturated rings. The number of pyridine rings is 1. The van der Waals surface area contributed by atoms with Gasteiger partial charge in [0.25, 0.3) is 0 Å². The minimum Gasteiger partial charge on any atom is -0.372 e. The molecule has 0 spiro atoms. The molecule has 16 nitrogen and oxygen atoms in total. The van der Waals surface area contributed by atoms with Crippen LogP contribution in [0.4, 0.5) is 27.8 Å². The number of nitrogens with one attached hydrogen (secondary N) is 3. The molecule has 3 aliphatic heterocycles. The molecular weight excluding hydrogens is 785 g/mol. The molecule has 2 aromatic carbocycles. The summed E-state index contributed by atoms with van der Waals surface area (Å²) < 4.78 is 5.22. The van der Waals surface area contributed by atoms with Crippen molar-refractivity contribution in [1.29, 1.82) is 0 Å². The summed E-state index contributed by atoms with van der Waals surface area (Å²) in [5.74, 6) is 1.83. The number of anilines is 4. The molecular formula is C46H56N12O4. The number of benzene rings is 2. The molecule has 0 aliphatic carbocycles. The van der Waals surface area contributed by atoms with E-state index in [1.807, 2.05) is 65.1 Å². The van der Waals surface area contributed by atoms with Crippen LogP contribution in [0.5, 0.6) is 0 Å². The molecule has 0 unspecified atom stereocenters. The summed E-state index contributed by atoms with van der Waals surface area (Å²) in [6.45, 7) is 17.9. The Morgan fingerprint density at radius 3 is 2.39 bits per heavy atom. The highest BCUT2D eigenvalue weighted by Crippen LogP contribution is 2.29. The van der Waals surface area contributed by atoms with Gasteiger partial charge in [-0.05, 0) is 79.6 Å². The van der Waals surface area contributed by atoms with Crippen molar-refractivity contribution in [3.8, 4) is 11.3 Å². The molecule has 4 amide bonds. The van der Waals surface area contributed by atoms with Gasteiger partial charge in [-0.2, -0.15) is 4.98 Å². The van der Waals surface area contributed by atoms with E-state index in [9.17, 15) is 14.4 Å². The number of aromatic nitrogens is 5. The van der Waals surface area contributed by atoms with Gasteiger partial charge in [0.1, 0.15) is 18.0 Å². The van der Waals surface area contributed by atoms with E-state index in [2.05, 4.69) is 87.2 Å². The number of carbonyl (C=O) groups is 3. The first kappa shape index (κ1) is 42.3. The summed E-state index contributed by atoms with van der Waals surface area (Å²) in [6.07, 6.45) is 6.13. The Labute approximate surface area is 362 Å². The van der Waals surface area contributed by atoms with Gasteiger partial charge in [-0.25, -0.2) is 19.7 Å². The molecule has 8 rings (SSSR count). The third kappa shape index (κ3) is 10.2. The second-order valence-electron chi connectivity index (χ2n) is 17.7. The number of carbonyl (C=O) groups excluding carboxylic acids is 3. The third-order valence-electron chi connectivity index (χ3n) is 12.0. The van der Waals surface area contributed by atoms with Crippen molar-refractivity contribution in [2.24, 2.45) is 5.92 Å². The van der Waals surface area contributed by atoms with Gasteiger partial charge in [-0.15, -0.1) is 0 Å². The molecule has 6 heterocycles. The number of hydrogen-bond acceptors (Lipinski definition) is 13. The highest BCUT2D eigenvalue weighted by Gasteiger charge is 2.27. The first-order valence-electron chi connectivity index (χ1n) is 21.6. The maximum absolute atomic E-state index is 12.9. The van der Waals surface area contributed by atoms with Crippen LogP contribution in [0.15, 0.2) is 77.7 Å². The molecule has 0 radical (unpaired) electrons. The number of urea groups is 1. The summed E-state index contributed by atoms with van der Waals surface area (Å²) in [5, 5.41) is 12.7. The molecule has 324 valence electrons. The van der Waals surface area contributed by atoms with Crippen LogP contribution in [-0.2, 0) is 16.8 Å². The number of rotatable bonds is 12. The topological polar surface area (TPSA) is 178 Å². The van der Waals surface area contributed by atoms with Crippen molar-refractivity contribution in [3.63, 3.8) is 0 Å². The second-order valence-corrected chi connectivity index (χ2v) is 17.7. The fourth-order valence-electron chi connectivity index (χ4n) is 8.39. The van der Waals surface area contributed by atoms with Gasteiger partial charge in [0.2, 0.25) is 5.91 Å². The number of piperidine rings is 1. The van der Waals surface area contributed by atoms with Gasteiger partial charge in [0.05, 0.1) is 23.6 Å². The number of nitrogens with zero attached hydrogens (tertiary/aromatic N) is 9. The average molecular weight is 841 g/mol. The summed E-state index contributed by atoms with van der Waals surface area (Å²) in [6, 6.07) is 19.9. The lowest BCUT2D eigenvalue weighted by molar-refractivity contribution is -0.121. The molecule has 0 saturated carbocycles. The maximum atomic E-state index is 12.9. The molecule has 0 bridgehead atoms. The van der Waals surface area contributed by atoms with Crippen LogP contribution in [0.2, 0.25) is 0 Å². The highest BCUT2D eigenvalue weighted by molar-refractivity contribution is 5.96. The Balaban J connectivity index is 0.782. The van der Waals surface area contributed by atoms with E-state index in [-0.39, 0.29) is 29.3 Å². The number of hydrogen-bond donors (Lipinski definition) is 3. The van der Waals surface area contributed by atoms with Crippen LogP contribution in [0.25, 0.3) is 11.3 Å². The lowest BCUT2D eigenvalue weighted by Gasteiger charge is -2.40. The van der Waals surface area contributed by atoms with E-state index in [0.717, 1.165) is 92.3 Å². The van der Waals surface area contributed by atoms with Crippen molar-refractivity contribution in [2.45, 2.75) is 71.9 Å². The van der Waals surface area contributed by atoms with Gasteiger partial charge in [-0.1, -0.05) is 50.2 Å². The Morgan fingerprint density at radius 2 is 1.68 bits per heavy atom. The quantitative estimate of drug-likeness (QED) is 0.129. The van der Waals surface area contributed by atoms with Crippen LogP contribution in [0.1, 0.15) is 86.2 Å². The van der Waals surface area contributed by atoms with Crippen molar-refractivity contribution in [3.05, 3.63) is 102 Å². The Morgan fingerprint density at radius 1 is 0.887 bits per heavy atom. The van der Waals surface area contributed by atoms with E-state index in [1.165, 1.54) is 5.69 Å². The Kier molecular flexibility index (Phi) is 12.5. The highest BCUT2D eigenvalue weighted by atomic mass is 16.5. The number of aryl methyl sites for hydroxylation is 1. The predicted molar refractivity (Wildman–Crippen MR) is 237 cm³/mol. The van der Waals surface area contributed by atoms with Crippen LogP contribution >= 0.6 is 0 Å². The normalized spacial score (nSPS) is 17.2. The number of piperazine rings is 1. The van der Waals surface area contributed by atoms with Gasteiger partial charge in [-0.3, -0.25) is 19.8 Å². The van der Waals surface area contributed by atoms with E-state index < -0.39 is 5.91 Å². The maximum Gasteiger partial charge on any atom is 0.324 e. The Hall–Kier alpha value is -6.42. The monoisotopic (exact) mass is 840 g/mol. The summed E-state index contributed by atoms with van der Waals surface area (Å²) in [5.41, 5.74) is 6.74. The standard InChI is InChI=1S/C46H56N12O4/c1-30-23-34(9-11-37(30)31(2)50-42(60)43-53-44(54-62-43)46(3,4)5)38-25-40(49-29-48-38)51-39-12-10-36(26-47-39)57-21-19-55(20-22-57)27-32-13-16-56(17-14-32)35-8-6-7-33(24-35)28-58-18-15-41(59)52-45(58)61/h6-12,23-26,29,31-32H,13-22,27-28H2,1-5H3,(H,50,60)(H,52,59,61)(H,47,48,49,51)/t31-/m1/s1. The van der Waals surface area contributed by atoms with Gasteiger partial charge < -0.3 is 29.9 Å². The minimum atomic E-state index is -0.412. The molecule has 3 saturated heterocycles. The molecule has 1 atom stereocenters. The predicted octanol–water partition coefficient (Wildman–Crippen LogP) is 6.24. The van der Waals surface area contributed by atoms with Crippen molar-refractivity contribution < 1.29 is 18.9 Å². The Bertz CT molecular complexity index is 2380. The fraction of sp³-hybridized carbons (Fsp3) is 0.435. The average Bonchev–Trinajstić information content (AvgIpc) is 3.78. The first-order valence-corrected chi connectivity index (χ1v) is 21.6. The number of imide groups is 1. The molecule has 62 heavy (non-hydrogen) atoms. The minimum absolute atomic E-state index is 0.0509. The molecule has 5 aromatic rings. The van der Waals surface area contributed by atoms with Gasteiger partial charge in [0, 0.05) is 88.1 Å². The zero-order valence-corrected chi connectivity index (χ0v) is 36.2. The van der Waals surface area contributed by atoms with Crippen LogP contribution in [-0.4, -0.2) is 105 Å². The summed E-state index contributed by atoms with van der Waals surface area (Å²) in [7, 11) is 0. The zero-order valence-electron chi connectivity index (χ0n) is 36.2. The lowest BCUT2D eigenvalue weighted by atomic mass is 9.95. The smallest absolute Gasteiger partial charge is 0.324 e. The summed E-state index contributed by atoms with van der Waals surface area (Å²) >= 11 is 0. The van der Waals surface area contributed by atoms with Crippen LogP contribution in [0.3, 0.4) is 0 Å². The van der Waals surface area contributed by atoms with Gasteiger partial charge in [0.15, 0.2) is 5.82 Å².